The zero-order valence-electron chi connectivity index (χ0n) is 7.01. The number of ether oxygens (including phenoxy) is 1. The van der Waals surface area contributed by atoms with Crippen LogP contribution in [0.4, 0.5) is 4.39 Å². The molecule has 0 atom stereocenters. The van der Waals surface area contributed by atoms with E-state index in [2.05, 4.69) is 0 Å². The van der Waals surface area contributed by atoms with Gasteiger partial charge in [0.2, 0.25) is 0 Å². The summed E-state index contributed by atoms with van der Waals surface area (Å²) in [6, 6.07) is 3.87. The molecule has 0 unspecified atom stereocenters. The third kappa shape index (κ3) is 2.70. The largest absolute Gasteiger partial charge is 0.426 e. The fourth-order valence-corrected chi connectivity index (χ4v) is 0.862. The molecule has 70 valence electrons. The van der Waals surface area contributed by atoms with Gasteiger partial charge in [-0.25, -0.2) is 4.39 Å². The van der Waals surface area contributed by atoms with Crippen LogP contribution in [0.2, 0.25) is 5.02 Å². The maximum atomic E-state index is 12.8. The first-order valence-corrected chi connectivity index (χ1v) is 4.17. The molecule has 0 heterocycles. The van der Waals surface area contributed by atoms with E-state index in [4.69, 9.17) is 16.3 Å². The molecule has 0 bridgehead atoms. The van der Waals surface area contributed by atoms with Crippen molar-refractivity contribution < 1.29 is 13.9 Å². The van der Waals surface area contributed by atoms with Crippen LogP contribution in [-0.4, -0.2) is 5.97 Å². The van der Waals surface area contributed by atoms with Crippen molar-refractivity contribution in [2.45, 2.75) is 13.3 Å². The summed E-state index contributed by atoms with van der Waals surface area (Å²) in [7, 11) is 0. The van der Waals surface area contributed by atoms with Crippen molar-refractivity contribution >= 4 is 17.6 Å². The Hall–Kier alpha value is -1.09. The monoisotopic (exact) mass is 202 g/mol. The lowest BCUT2D eigenvalue weighted by molar-refractivity contribution is -0.134. The summed E-state index contributed by atoms with van der Waals surface area (Å²) in [5.41, 5.74) is 0. The van der Waals surface area contributed by atoms with Crippen LogP contribution in [0.25, 0.3) is 0 Å². The fourth-order valence-electron chi connectivity index (χ4n) is 0.744. The number of hydrogen-bond acceptors (Lipinski definition) is 2. The topological polar surface area (TPSA) is 26.3 Å². The van der Waals surface area contributed by atoms with E-state index in [0.717, 1.165) is 6.07 Å². The second kappa shape index (κ2) is 4.23. The number of halogens is 2. The molecule has 1 aromatic rings. The van der Waals surface area contributed by atoms with Crippen LogP contribution in [0.15, 0.2) is 18.2 Å². The smallest absolute Gasteiger partial charge is 0.310 e. The van der Waals surface area contributed by atoms with Crippen LogP contribution in [0.1, 0.15) is 13.3 Å². The van der Waals surface area contributed by atoms with Crippen molar-refractivity contribution in [3.63, 3.8) is 0 Å². The second-order valence-corrected chi connectivity index (χ2v) is 2.81. The normalized spacial score (nSPS) is 9.77. The van der Waals surface area contributed by atoms with E-state index in [-0.39, 0.29) is 17.2 Å². The molecule has 0 aliphatic carbocycles. The molecule has 4 heteroatoms. The summed E-state index contributed by atoms with van der Waals surface area (Å²) in [6.45, 7) is 1.66. The van der Waals surface area contributed by atoms with E-state index in [1.165, 1.54) is 12.1 Å². The molecule has 0 fully saturated rings. The van der Waals surface area contributed by atoms with Gasteiger partial charge in [-0.3, -0.25) is 4.79 Å². The van der Waals surface area contributed by atoms with E-state index in [1.807, 2.05) is 0 Å². The van der Waals surface area contributed by atoms with Gasteiger partial charge in [-0.2, -0.15) is 0 Å². The first kappa shape index (κ1) is 9.99. The molecule has 0 radical (unpaired) electrons. The number of carbonyl (C=O) groups excluding carboxylic acids is 1. The summed E-state index contributed by atoms with van der Waals surface area (Å²) >= 11 is 5.44. The highest BCUT2D eigenvalue weighted by Gasteiger charge is 2.04. The standard InChI is InChI=1S/C9H8ClFO2/c1-2-9(12)13-6-3-4-7(10)8(11)5-6/h3-5H,2H2,1H3. The van der Waals surface area contributed by atoms with Gasteiger partial charge in [0.15, 0.2) is 0 Å². The van der Waals surface area contributed by atoms with Crippen molar-refractivity contribution in [2.24, 2.45) is 0 Å². The van der Waals surface area contributed by atoms with Crippen molar-refractivity contribution in [1.29, 1.82) is 0 Å². The third-order valence-electron chi connectivity index (χ3n) is 1.41. The Bertz CT molecular complexity index is 325. The summed E-state index contributed by atoms with van der Waals surface area (Å²) < 4.78 is 17.6. The lowest BCUT2D eigenvalue weighted by atomic mass is 10.3. The quantitative estimate of drug-likeness (QED) is 0.545. The molecule has 0 aliphatic rings. The van der Waals surface area contributed by atoms with Gasteiger partial charge in [-0.1, -0.05) is 18.5 Å². The molecule has 2 nitrogen and oxygen atoms in total. The van der Waals surface area contributed by atoms with Crippen molar-refractivity contribution in [3.8, 4) is 5.75 Å². The van der Waals surface area contributed by atoms with Gasteiger partial charge >= 0.3 is 5.97 Å². The predicted molar refractivity (Wildman–Crippen MR) is 47.3 cm³/mol. The summed E-state index contributed by atoms with van der Waals surface area (Å²) in [5.74, 6) is -0.821. The molecule has 0 N–H and O–H groups in total. The summed E-state index contributed by atoms with van der Waals surface area (Å²) in [4.78, 5) is 10.8. The van der Waals surface area contributed by atoms with Crippen molar-refractivity contribution in [2.75, 3.05) is 0 Å². The average molecular weight is 203 g/mol. The number of hydrogen-bond donors (Lipinski definition) is 0. The highest BCUT2D eigenvalue weighted by molar-refractivity contribution is 6.30. The summed E-state index contributed by atoms with van der Waals surface area (Å²) in [5, 5.41) is 0.0105. The lowest BCUT2D eigenvalue weighted by Crippen LogP contribution is -2.05. The van der Waals surface area contributed by atoms with Crippen LogP contribution < -0.4 is 4.74 Å². The first-order valence-electron chi connectivity index (χ1n) is 3.79. The Balaban J connectivity index is 2.79. The Morgan fingerprint density at radius 2 is 2.31 bits per heavy atom. The van der Waals surface area contributed by atoms with E-state index in [1.54, 1.807) is 6.92 Å². The van der Waals surface area contributed by atoms with Crippen LogP contribution in [-0.2, 0) is 4.79 Å². The SMILES string of the molecule is CCC(=O)Oc1ccc(Cl)c(F)c1. The molecule has 1 aromatic carbocycles. The zero-order chi connectivity index (χ0) is 9.84. The van der Waals surface area contributed by atoms with E-state index < -0.39 is 11.8 Å². The molecule has 0 saturated carbocycles. The number of benzene rings is 1. The molecule has 0 saturated heterocycles. The molecule has 0 aromatic heterocycles. The highest BCUT2D eigenvalue weighted by Crippen LogP contribution is 2.20. The highest BCUT2D eigenvalue weighted by atomic mass is 35.5. The van der Waals surface area contributed by atoms with E-state index >= 15 is 0 Å². The van der Waals surface area contributed by atoms with Gasteiger partial charge < -0.3 is 4.74 Å². The minimum atomic E-state index is -0.594. The second-order valence-electron chi connectivity index (χ2n) is 2.40. The van der Waals surface area contributed by atoms with Crippen LogP contribution in [0.5, 0.6) is 5.75 Å². The molecule has 0 amide bonds. The predicted octanol–water partition coefficient (Wildman–Crippen LogP) is 2.79. The van der Waals surface area contributed by atoms with E-state index in [0.29, 0.717) is 0 Å². The van der Waals surface area contributed by atoms with Gasteiger partial charge in [0.05, 0.1) is 5.02 Å². The molecular formula is C9H8ClFO2. The first-order chi connectivity index (χ1) is 6.13. The number of rotatable bonds is 2. The average Bonchev–Trinajstić information content (AvgIpc) is 2.11. The Morgan fingerprint density at radius 3 is 2.85 bits per heavy atom. The maximum Gasteiger partial charge on any atom is 0.310 e. The van der Waals surface area contributed by atoms with Crippen LogP contribution in [0, 0.1) is 5.82 Å². The number of esters is 1. The van der Waals surface area contributed by atoms with Gasteiger partial charge in [0, 0.05) is 12.5 Å². The summed E-state index contributed by atoms with van der Waals surface area (Å²) in [6.07, 6.45) is 0.254. The van der Waals surface area contributed by atoms with E-state index in [9.17, 15) is 9.18 Å². The Kier molecular flexibility index (Phi) is 3.25. The minimum absolute atomic E-state index is 0.0105. The number of carbonyl (C=O) groups is 1. The fraction of sp³-hybridized carbons (Fsp3) is 0.222. The van der Waals surface area contributed by atoms with Crippen molar-refractivity contribution in [3.05, 3.63) is 29.0 Å². The van der Waals surface area contributed by atoms with Crippen LogP contribution >= 0.6 is 11.6 Å². The Labute approximate surface area is 80.3 Å². The molecular weight excluding hydrogens is 195 g/mol. The van der Waals surface area contributed by atoms with Gasteiger partial charge in [-0.15, -0.1) is 0 Å². The van der Waals surface area contributed by atoms with Crippen LogP contribution in [0.3, 0.4) is 0 Å². The molecule has 0 spiro atoms. The van der Waals surface area contributed by atoms with Gasteiger partial charge in [-0.05, 0) is 12.1 Å². The zero-order valence-corrected chi connectivity index (χ0v) is 7.77. The minimum Gasteiger partial charge on any atom is -0.426 e. The van der Waals surface area contributed by atoms with Gasteiger partial charge in [0.25, 0.3) is 0 Å². The lowest BCUT2D eigenvalue weighted by Gasteiger charge is -2.02. The maximum absolute atomic E-state index is 12.8. The molecule has 0 aliphatic heterocycles. The molecule has 1 rings (SSSR count). The molecule has 13 heavy (non-hydrogen) atoms. The van der Waals surface area contributed by atoms with Gasteiger partial charge in [0.1, 0.15) is 11.6 Å². The van der Waals surface area contributed by atoms with Crippen molar-refractivity contribution in [1.82, 2.24) is 0 Å². The Morgan fingerprint density at radius 1 is 1.62 bits per heavy atom. The third-order valence-corrected chi connectivity index (χ3v) is 1.72.